The van der Waals surface area contributed by atoms with Gasteiger partial charge < -0.3 is 4.74 Å². The van der Waals surface area contributed by atoms with E-state index in [0.29, 0.717) is 11.3 Å². The quantitative estimate of drug-likeness (QED) is 0.510. The zero-order valence-corrected chi connectivity index (χ0v) is 11.0. The van der Waals surface area contributed by atoms with Gasteiger partial charge in [0.25, 0.3) is 5.91 Å². The summed E-state index contributed by atoms with van der Waals surface area (Å²) in [5, 5.41) is 8.64. The highest BCUT2D eigenvalue weighted by molar-refractivity contribution is 5.93. The lowest BCUT2D eigenvalue weighted by Crippen LogP contribution is -2.29. The van der Waals surface area contributed by atoms with E-state index < -0.39 is 5.82 Å². The smallest absolute Gasteiger partial charge is 0.265 e. The largest absolute Gasteiger partial charge is 0.489 e. The number of benzene rings is 2. The Bertz CT molecular complexity index is 693. The number of nitrogens with one attached hydrogen (secondary N) is 1. The van der Waals surface area contributed by atoms with Crippen molar-refractivity contribution in [2.45, 2.75) is 6.61 Å². The molecule has 2 rings (SSSR count). The molecule has 0 aliphatic rings. The highest BCUT2D eigenvalue weighted by Crippen LogP contribution is 2.17. The average Bonchev–Trinajstić information content (AvgIpc) is 2.52. The van der Waals surface area contributed by atoms with Crippen LogP contribution < -0.4 is 16.0 Å². The van der Waals surface area contributed by atoms with E-state index in [-0.39, 0.29) is 18.1 Å². The predicted molar refractivity (Wildman–Crippen MR) is 73.5 cm³/mol. The number of nitrogens with two attached hydrogens (primary N) is 1. The molecular weight excluding hydrogens is 273 g/mol. The summed E-state index contributed by atoms with van der Waals surface area (Å²) in [4.78, 5) is 11.3. The van der Waals surface area contributed by atoms with Gasteiger partial charge in [0.15, 0.2) is 0 Å². The molecule has 0 saturated heterocycles. The molecule has 0 aliphatic heterocycles. The van der Waals surface area contributed by atoms with E-state index in [9.17, 15) is 9.18 Å². The van der Waals surface area contributed by atoms with E-state index in [2.05, 4.69) is 0 Å². The normalized spacial score (nSPS) is 9.76. The number of nitrogens with zero attached hydrogens (tertiary/aromatic N) is 1. The van der Waals surface area contributed by atoms with Crippen molar-refractivity contribution in [3.05, 3.63) is 65.0 Å². The maximum absolute atomic E-state index is 13.4. The van der Waals surface area contributed by atoms with Gasteiger partial charge in [-0.05, 0) is 29.8 Å². The van der Waals surface area contributed by atoms with Crippen LogP contribution in [0.15, 0.2) is 42.5 Å². The van der Waals surface area contributed by atoms with Crippen LogP contribution >= 0.6 is 0 Å². The molecule has 106 valence electrons. The van der Waals surface area contributed by atoms with Gasteiger partial charge in [0.2, 0.25) is 0 Å². The summed E-state index contributed by atoms with van der Waals surface area (Å²) < 4.78 is 18.8. The van der Waals surface area contributed by atoms with Gasteiger partial charge in [0.1, 0.15) is 24.2 Å². The van der Waals surface area contributed by atoms with E-state index in [1.165, 1.54) is 12.1 Å². The topological polar surface area (TPSA) is 88.1 Å². The first-order valence-corrected chi connectivity index (χ1v) is 6.06. The summed E-state index contributed by atoms with van der Waals surface area (Å²) in [5.74, 6) is 4.36. The van der Waals surface area contributed by atoms with E-state index in [0.717, 1.165) is 11.6 Å². The van der Waals surface area contributed by atoms with E-state index in [4.69, 9.17) is 15.8 Å². The zero-order valence-electron chi connectivity index (χ0n) is 11.0. The van der Waals surface area contributed by atoms with Crippen LogP contribution in [-0.2, 0) is 6.61 Å². The maximum Gasteiger partial charge on any atom is 0.265 e. The summed E-state index contributed by atoms with van der Waals surface area (Å²) >= 11 is 0. The van der Waals surface area contributed by atoms with Crippen LogP contribution in [0, 0.1) is 17.1 Å². The van der Waals surface area contributed by atoms with Gasteiger partial charge in [-0.25, -0.2) is 10.2 Å². The highest BCUT2D eigenvalue weighted by Gasteiger charge is 2.05. The first kappa shape index (κ1) is 14.5. The predicted octanol–water partition coefficient (Wildman–Crippen LogP) is 1.88. The lowest BCUT2D eigenvalue weighted by atomic mass is 10.1. The fourth-order valence-corrected chi connectivity index (χ4v) is 1.68. The number of amides is 1. The molecule has 0 heterocycles. The number of carbonyl (C=O) groups is 1. The number of nitrogen functional groups attached to an aromatic ring is 1. The Labute approximate surface area is 120 Å². The molecule has 0 bridgehead atoms. The van der Waals surface area contributed by atoms with Crippen molar-refractivity contribution in [3.8, 4) is 11.8 Å². The van der Waals surface area contributed by atoms with Crippen molar-refractivity contribution in [2.75, 3.05) is 0 Å². The summed E-state index contributed by atoms with van der Waals surface area (Å²) in [6, 6.07) is 12.4. The molecule has 0 aromatic heterocycles. The SMILES string of the molecule is N#Cc1ccc(OCc2ccc(C(=O)NN)cc2)cc1F. The molecule has 0 spiro atoms. The van der Waals surface area contributed by atoms with Gasteiger partial charge in [-0.3, -0.25) is 10.2 Å². The third kappa shape index (κ3) is 3.55. The number of rotatable bonds is 4. The van der Waals surface area contributed by atoms with Crippen molar-refractivity contribution >= 4 is 5.91 Å². The van der Waals surface area contributed by atoms with Gasteiger partial charge in [0.05, 0.1) is 5.56 Å². The van der Waals surface area contributed by atoms with Crippen LogP contribution in [0.1, 0.15) is 21.5 Å². The van der Waals surface area contributed by atoms with Gasteiger partial charge in [-0.15, -0.1) is 0 Å². The molecule has 0 fully saturated rings. The molecule has 0 atom stereocenters. The highest BCUT2D eigenvalue weighted by atomic mass is 19.1. The Morgan fingerprint density at radius 3 is 2.57 bits per heavy atom. The first-order valence-electron chi connectivity index (χ1n) is 6.06. The second-order valence-corrected chi connectivity index (χ2v) is 4.21. The van der Waals surface area contributed by atoms with Crippen LogP contribution in [-0.4, -0.2) is 5.91 Å². The third-order valence-corrected chi connectivity index (χ3v) is 2.81. The summed E-state index contributed by atoms with van der Waals surface area (Å²) in [6.07, 6.45) is 0. The third-order valence-electron chi connectivity index (χ3n) is 2.81. The standard InChI is InChI=1S/C15H12FN3O2/c16-14-7-13(6-5-12(14)8-17)21-9-10-1-3-11(4-2-10)15(20)19-18/h1-7H,9,18H2,(H,19,20). The minimum atomic E-state index is -0.620. The number of carbonyl (C=O) groups excluding carboxylic acids is 1. The van der Waals surface area contributed by atoms with Crippen LogP contribution in [0.4, 0.5) is 4.39 Å². The number of hydrogen-bond acceptors (Lipinski definition) is 4. The van der Waals surface area contributed by atoms with Crippen LogP contribution in [0.2, 0.25) is 0 Å². The number of hydrazine groups is 1. The molecule has 2 aromatic rings. The van der Waals surface area contributed by atoms with Crippen LogP contribution in [0.25, 0.3) is 0 Å². The number of ether oxygens (including phenoxy) is 1. The maximum atomic E-state index is 13.4. The molecule has 0 saturated carbocycles. The summed E-state index contributed by atoms with van der Waals surface area (Å²) in [6.45, 7) is 0.218. The first-order chi connectivity index (χ1) is 10.1. The summed E-state index contributed by atoms with van der Waals surface area (Å²) in [7, 11) is 0. The lowest BCUT2D eigenvalue weighted by Gasteiger charge is -2.07. The fourth-order valence-electron chi connectivity index (χ4n) is 1.68. The Morgan fingerprint density at radius 1 is 1.29 bits per heavy atom. The lowest BCUT2D eigenvalue weighted by molar-refractivity contribution is 0.0953. The van der Waals surface area contributed by atoms with Gasteiger partial charge >= 0.3 is 0 Å². The molecule has 21 heavy (non-hydrogen) atoms. The molecule has 0 unspecified atom stereocenters. The molecule has 1 amide bonds. The van der Waals surface area contributed by atoms with E-state index in [1.807, 2.05) is 5.43 Å². The zero-order chi connectivity index (χ0) is 15.2. The van der Waals surface area contributed by atoms with E-state index >= 15 is 0 Å². The molecule has 6 heteroatoms. The average molecular weight is 285 g/mol. The van der Waals surface area contributed by atoms with Crippen molar-refractivity contribution in [2.24, 2.45) is 5.84 Å². The fraction of sp³-hybridized carbons (Fsp3) is 0.0667. The number of nitriles is 1. The Kier molecular flexibility index (Phi) is 4.49. The summed E-state index contributed by atoms with van der Waals surface area (Å²) in [5.41, 5.74) is 3.26. The minimum absolute atomic E-state index is 0.0282. The van der Waals surface area contributed by atoms with Crippen LogP contribution in [0.3, 0.4) is 0 Å². The Morgan fingerprint density at radius 2 is 2.00 bits per heavy atom. The van der Waals surface area contributed by atoms with Crippen LogP contribution in [0.5, 0.6) is 5.75 Å². The molecular formula is C15H12FN3O2. The second-order valence-electron chi connectivity index (χ2n) is 4.21. The van der Waals surface area contributed by atoms with Crippen molar-refractivity contribution in [1.29, 1.82) is 5.26 Å². The van der Waals surface area contributed by atoms with E-state index in [1.54, 1.807) is 30.3 Å². The van der Waals surface area contributed by atoms with Crippen molar-refractivity contribution < 1.29 is 13.9 Å². The monoisotopic (exact) mass is 285 g/mol. The molecule has 5 nitrogen and oxygen atoms in total. The number of hydrogen-bond donors (Lipinski definition) is 2. The molecule has 2 aromatic carbocycles. The van der Waals surface area contributed by atoms with Gasteiger partial charge in [-0.1, -0.05) is 12.1 Å². The number of halogens is 1. The molecule has 0 aliphatic carbocycles. The Hall–Kier alpha value is -2.91. The minimum Gasteiger partial charge on any atom is -0.489 e. The van der Waals surface area contributed by atoms with Crippen molar-refractivity contribution in [1.82, 2.24) is 5.43 Å². The molecule has 0 radical (unpaired) electrons. The second kappa shape index (κ2) is 6.50. The molecule has 3 N–H and O–H groups in total. The van der Waals surface area contributed by atoms with Crippen molar-refractivity contribution in [3.63, 3.8) is 0 Å². The van der Waals surface area contributed by atoms with Gasteiger partial charge in [-0.2, -0.15) is 5.26 Å². The Balaban J connectivity index is 2.01. The van der Waals surface area contributed by atoms with Gasteiger partial charge in [0, 0.05) is 11.6 Å².